The van der Waals surface area contributed by atoms with Crippen LogP contribution >= 0.6 is 0 Å². The summed E-state index contributed by atoms with van der Waals surface area (Å²) in [6, 6.07) is 5.43. The van der Waals surface area contributed by atoms with Crippen molar-refractivity contribution in [1.29, 1.82) is 0 Å². The zero-order valence-electron chi connectivity index (χ0n) is 14.8. The van der Waals surface area contributed by atoms with E-state index < -0.39 is 5.97 Å². The van der Waals surface area contributed by atoms with Crippen molar-refractivity contribution in [3.8, 4) is 0 Å². The molecule has 0 radical (unpaired) electrons. The normalized spacial score (nSPS) is 10.1. The van der Waals surface area contributed by atoms with Crippen LogP contribution in [-0.4, -0.2) is 37.0 Å². The second-order valence-electron chi connectivity index (χ2n) is 5.63. The molecular weight excluding hydrogens is 290 g/mol. The molecule has 0 aliphatic rings. The largest absolute Gasteiger partial charge is 0.465 e. The smallest absolute Gasteiger partial charge is 0.338 e. The number of aryl methyl sites for hydroxylation is 1. The van der Waals surface area contributed by atoms with Crippen molar-refractivity contribution in [2.75, 3.05) is 20.2 Å². The molecule has 1 aromatic rings. The third-order valence-electron chi connectivity index (χ3n) is 3.79. The second-order valence-corrected chi connectivity index (χ2v) is 5.63. The Morgan fingerprint density at radius 1 is 1.17 bits per heavy atom. The first-order valence-corrected chi connectivity index (χ1v) is 8.09. The van der Waals surface area contributed by atoms with Crippen LogP contribution < -0.4 is 0 Å². The number of ether oxygens (including phenoxy) is 1. The summed E-state index contributed by atoms with van der Waals surface area (Å²) in [5, 5.41) is 0. The molecule has 0 bridgehead atoms. The molecule has 4 heteroatoms. The van der Waals surface area contributed by atoms with Crippen LogP contribution in [0.15, 0.2) is 29.8 Å². The van der Waals surface area contributed by atoms with E-state index in [0.29, 0.717) is 30.6 Å². The minimum Gasteiger partial charge on any atom is -0.465 e. The Balaban J connectivity index is 3.27. The molecule has 0 heterocycles. The van der Waals surface area contributed by atoms with Gasteiger partial charge in [-0.1, -0.05) is 23.8 Å². The molecule has 0 spiro atoms. The van der Waals surface area contributed by atoms with Gasteiger partial charge in [-0.05, 0) is 52.2 Å². The van der Waals surface area contributed by atoms with Crippen LogP contribution in [0.4, 0.5) is 0 Å². The van der Waals surface area contributed by atoms with E-state index in [0.717, 1.165) is 12.0 Å². The predicted molar refractivity (Wildman–Crippen MR) is 92.8 cm³/mol. The lowest BCUT2D eigenvalue weighted by Gasteiger charge is -2.21. The molecular formula is C19H27NO3. The van der Waals surface area contributed by atoms with E-state index in [1.165, 1.54) is 12.7 Å². The van der Waals surface area contributed by atoms with Gasteiger partial charge in [-0.15, -0.1) is 0 Å². The quantitative estimate of drug-likeness (QED) is 0.567. The van der Waals surface area contributed by atoms with Gasteiger partial charge in [-0.25, -0.2) is 4.79 Å². The first-order chi connectivity index (χ1) is 11.0. The standard InChI is InChI=1S/C19H27NO3/c1-6-20(7-2)18(21)16-13-9-12-15(11-8-10-14(3)4)17(16)19(22)23-5/h9-10,12-13H,6-8,11H2,1-5H3. The van der Waals surface area contributed by atoms with E-state index in [1.54, 1.807) is 11.0 Å². The molecule has 0 aromatic heterocycles. The van der Waals surface area contributed by atoms with Crippen LogP contribution in [0.3, 0.4) is 0 Å². The Labute approximate surface area is 139 Å². The van der Waals surface area contributed by atoms with Gasteiger partial charge >= 0.3 is 5.97 Å². The molecule has 0 saturated carbocycles. The van der Waals surface area contributed by atoms with Crippen molar-refractivity contribution in [1.82, 2.24) is 4.90 Å². The fraction of sp³-hybridized carbons (Fsp3) is 0.474. The molecule has 1 aromatic carbocycles. The second kappa shape index (κ2) is 9.13. The molecule has 126 valence electrons. The number of methoxy groups -OCH3 is 1. The summed E-state index contributed by atoms with van der Waals surface area (Å²) in [5.41, 5.74) is 2.91. The average molecular weight is 317 g/mol. The third kappa shape index (κ3) is 4.95. The number of hydrogen-bond acceptors (Lipinski definition) is 3. The van der Waals surface area contributed by atoms with Gasteiger partial charge in [-0.3, -0.25) is 4.79 Å². The Bertz CT molecular complexity index is 582. The fourth-order valence-electron chi connectivity index (χ4n) is 2.53. The van der Waals surface area contributed by atoms with Crippen molar-refractivity contribution in [3.05, 3.63) is 46.5 Å². The summed E-state index contributed by atoms with van der Waals surface area (Å²) in [6.07, 6.45) is 3.66. The maximum Gasteiger partial charge on any atom is 0.338 e. The number of carbonyl (C=O) groups is 2. The van der Waals surface area contributed by atoms with E-state index in [9.17, 15) is 9.59 Å². The number of esters is 1. The van der Waals surface area contributed by atoms with Crippen molar-refractivity contribution < 1.29 is 14.3 Å². The number of rotatable bonds is 7. The zero-order chi connectivity index (χ0) is 17.4. The summed E-state index contributed by atoms with van der Waals surface area (Å²) in [4.78, 5) is 26.6. The molecule has 1 amide bonds. The van der Waals surface area contributed by atoms with E-state index in [4.69, 9.17) is 4.74 Å². The topological polar surface area (TPSA) is 46.6 Å². The number of nitrogens with zero attached hydrogens (tertiary/aromatic N) is 1. The van der Waals surface area contributed by atoms with Gasteiger partial charge in [-0.2, -0.15) is 0 Å². The van der Waals surface area contributed by atoms with Crippen LogP contribution in [0.25, 0.3) is 0 Å². The number of carbonyl (C=O) groups excluding carboxylic acids is 2. The molecule has 0 fully saturated rings. The van der Waals surface area contributed by atoms with E-state index in [2.05, 4.69) is 6.08 Å². The Morgan fingerprint density at radius 2 is 1.83 bits per heavy atom. The zero-order valence-corrected chi connectivity index (χ0v) is 14.8. The number of hydrogen-bond donors (Lipinski definition) is 0. The summed E-state index contributed by atoms with van der Waals surface area (Å²) >= 11 is 0. The number of amides is 1. The monoisotopic (exact) mass is 317 g/mol. The SMILES string of the molecule is CCN(CC)C(=O)c1cccc(CCC=C(C)C)c1C(=O)OC. The van der Waals surface area contributed by atoms with Gasteiger partial charge < -0.3 is 9.64 Å². The Morgan fingerprint density at radius 3 is 2.35 bits per heavy atom. The fourth-order valence-corrected chi connectivity index (χ4v) is 2.53. The van der Waals surface area contributed by atoms with E-state index in [1.807, 2.05) is 39.8 Å². The maximum atomic E-state index is 12.7. The highest BCUT2D eigenvalue weighted by atomic mass is 16.5. The van der Waals surface area contributed by atoms with Crippen LogP contribution in [-0.2, 0) is 11.2 Å². The molecule has 1 rings (SSSR count). The minimum atomic E-state index is -0.451. The lowest BCUT2D eigenvalue weighted by atomic mass is 9.96. The average Bonchev–Trinajstić information content (AvgIpc) is 2.54. The molecule has 0 aliphatic carbocycles. The Hall–Kier alpha value is -2.10. The minimum absolute atomic E-state index is 0.125. The van der Waals surface area contributed by atoms with Gasteiger partial charge in [0.05, 0.1) is 18.2 Å². The lowest BCUT2D eigenvalue weighted by Crippen LogP contribution is -2.32. The van der Waals surface area contributed by atoms with Crippen molar-refractivity contribution >= 4 is 11.9 Å². The van der Waals surface area contributed by atoms with Crippen LogP contribution in [0, 0.1) is 0 Å². The van der Waals surface area contributed by atoms with Crippen molar-refractivity contribution in [3.63, 3.8) is 0 Å². The van der Waals surface area contributed by atoms with Gasteiger partial charge in [0.25, 0.3) is 5.91 Å². The van der Waals surface area contributed by atoms with Crippen LogP contribution in [0.1, 0.15) is 60.4 Å². The number of benzene rings is 1. The van der Waals surface area contributed by atoms with E-state index in [-0.39, 0.29) is 5.91 Å². The van der Waals surface area contributed by atoms with Gasteiger partial charge in [0.1, 0.15) is 0 Å². The Kier molecular flexibility index (Phi) is 7.52. The first kappa shape index (κ1) is 18.9. The summed E-state index contributed by atoms with van der Waals surface area (Å²) in [5.74, 6) is -0.576. The lowest BCUT2D eigenvalue weighted by molar-refractivity contribution is 0.0589. The third-order valence-corrected chi connectivity index (χ3v) is 3.79. The highest BCUT2D eigenvalue weighted by Crippen LogP contribution is 2.20. The highest BCUT2D eigenvalue weighted by molar-refractivity contribution is 6.06. The van der Waals surface area contributed by atoms with Crippen molar-refractivity contribution in [2.45, 2.75) is 40.5 Å². The highest BCUT2D eigenvalue weighted by Gasteiger charge is 2.23. The van der Waals surface area contributed by atoms with Crippen LogP contribution in [0.2, 0.25) is 0 Å². The predicted octanol–water partition coefficient (Wildman–Crippen LogP) is 3.85. The first-order valence-electron chi connectivity index (χ1n) is 8.09. The molecule has 0 saturated heterocycles. The van der Waals surface area contributed by atoms with Gasteiger partial charge in [0.2, 0.25) is 0 Å². The number of allylic oxidation sites excluding steroid dienone is 2. The van der Waals surface area contributed by atoms with Crippen LogP contribution in [0.5, 0.6) is 0 Å². The molecule has 0 atom stereocenters. The molecule has 4 nitrogen and oxygen atoms in total. The molecule has 0 N–H and O–H groups in total. The van der Waals surface area contributed by atoms with E-state index >= 15 is 0 Å². The molecule has 0 aliphatic heterocycles. The van der Waals surface area contributed by atoms with Gasteiger partial charge in [0.15, 0.2) is 0 Å². The molecule has 0 unspecified atom stereocenters. The summed E-state index contributed by atoms with van der Waals surface area (Å²) in [7, 11) is 1.35. The summed E-state index contributed by atoms with van der Waals surface area (Å²) < 4.78 is 4.92. The maximum absolute atomic E-state index is 12.7. The van der Waals surface area contributed by atoms with Gasteiger partial charge in [0, 0.05) is 13.1 Å². The molecule has 23 heavy (non-hydrogen) atoms. The van der Waals surface area contributed by atoms with Crippen molar-refractivity contribution in [2.24, 2.45) is 0 Å². The summed E-state index contributed by atoms with van der Waals surface area (Å²) in [6.45, 7) is 9.16.